The molecule has 2 aromatic heterocycles. The number of thiophene rings is 1. The number of nitrogens with zero attached hydrogens (tertiary/aromatic N) is 5. The number of aromatic nitrogens is 3. The Kier molecular flexibility index (Phi) is 5.11. The van der Waals surface area contributed by atoms with Crippen LogP contribution in [0.4, 0.5) is 5.95 Å². The summed E-state index contributed by atoms with van der Waals surface area (Å²) in [6.45, 7) is 8.35. The lowest BCUT2D eigenvalue weighted by Gasteiger charge is -2.40. The number of nitrogens with two attached hydrogens (primary N) is 1. The van der Waals surface area contributed by atoms with Crippen molar-refractivity contribution in [3.8, 4) is 0 Å². The molecule has 0 bridgehead atoms. The van der Waals surface area contributed by atoms with Gasteiger partial charge in [-0.05, 0) is 47.8 Å². The van der Waals surface area contributed by atoms with Crippen molar-refractivity contribution >= 4 is 28.9 Å². The fourth-order valence-corrected chi connectivity index (χ4v) is 3.89. The van der Waals surface area contributed by atoms with Crippen LogP contribution in [-0.4, -0.2) is 50.9 Å². The van der Waals surface area contributed by atoms with Gasteiger partial charge in [0.1, 0.15) is 0 Å². The first-order valence-electron chi connectivity index (χ1n) is 7.71. The van der Waals surface area contributed by atoms with Gasteiger partial charge in [0, 0.05) is 32.2 Å². The van der Waals surface area contributed by atoms with Crippen LogP contribution in [0.5, 0.6) is 0 Å². The molecule has 0 saturated carbocycles. The van der Waals surface area contributed by atoms with E-state index in [2.05, 4.69) is 55.4 Å². The van der Waals surface area contributed by atoms with Gasteiger partial charge in [0.25, 0.3) is 0 Å². The first-order chi connectivity index (χ1) is 11.0. The predicted octanol–water partition coefficient (Wildman–Crippen LogP) is 2.61. The summed E-state index contributed by atoms with van der Waals surface area (Å²) >= 11 is 7.64. The molecule has 3 rings (SSSR count). The average Bonchev–Trinajstić information content (AvgIpc) is 3.07. The Morgan fingerprint density at radius 3 is 2.30 bits per heavy atom. The molecule has 2 atom stereocenters. The van der Waals surface area contributed by atoms with Crippen molar-refractivity contribution in [1.82, 2.24) is 24.8 Å². The standard InChI is InChI=1S/C15H21ClN6S/c1-10(12-3-8-23-9-12)21-4-6-22(7-5-21)11(2)13-18-14(16)20-15(17)19-13/h3,8-11H,4-7H2,1-2H3,(H2,17,18,19,20)/t10-,11-/m0/s1. The molecular weight excluding hydrogens is 332 g/mol. The summed E-state index contributed by atoms with van der Waals surface area (Å²) in [4.78, 5) is 17.1. The number of rotatable bonds is 4. The molecule has 0 radical (unpaired) electrons. The van der Waals surface area contributed by atoms with Crippen LogP contribution in [-0.2, 0) is 0 Å². The second-order valence-corrected chi connectivity index (χ2v) is 6.92. The molecule has 2 aromatic rings. The van der Waals surface area contributed by atoms with Gasteiger partial charge in [-0.3, -0.25) is 9.80 Å². The summed E-state index contributed by atoms with van der Waals surface area (Å²) in [5.41, 5.74) is 7.07. The summed E-state index contributed by atoms with van der Waals surface area (Å²) in [6, 6.07) is 2.75. The van der Waals surface area contributed by atoms with Crippen molar-refractivity contribution in [2.24, 2.45) is 0 Å². The number of anilines is 1. The average molecular weight is 353 g/mol. The van der Waals surface area contributed by atoms with Gasteiger partial charge >= 0.3 is 0 Å². The molecule has 0 aliphatic carbocycles. The lowest BCUT2D eigenvalue weighted by Crippen LogP contribution is -2.48. The third-order valence-electron chi connectivity index (χ3n) is 4.49. The number of halogens is 1. The van der Waals surface area contributed by atoms with Gasteiger partial charge < -0.3 is 5.73 Å². The molecule has 23 heavy (non-hydrogen) atoms. The fraction of sp³-hybridized carbons (Fsp3) is 0.533. The van der Waals surface area contributed by atoms with E-state index in [1.807, 2.05) is 0 Å². The molecule has 1 saturated heterocycles. The van der Waals surface area contributed by atoms with Crippen molar-refractivity contribution in [3.05, 3.63) is 33.5 Å². The highest BCUT2D eigenvalue weighted by Crippen LogP contribution is 2.26. The Bertz CT molecular complexity index is 621. The molecule has 0 spiro atoms. The molecule has 1 aliphatic rings. The highest BCUT2D eigenvalue weighted by molar-refractivity contribution is 7.07. The van der Waals surface area contributed by atoms with Gasteiger partial charge in [-0.2, -0.15) is 21.3 Å². The summed E-state index contributed by atoms with van der Waals surface area (Å²) in [5.74, 6) is 0.818. The van der Waals surface area contributed by atoms with Gasteiger partial charge in [-0.15, -0.1) is 0 Å². The van der Waals surface area contributed by atoms with Crippen molar-refractivity contribution in [2.45, 2.75) is 25.9 Å². The number of hydrogen-bond donors (Lipinski definition) is 1. The fourth-order valence-electron chi connectivity index (χ4n) is 2.97. The van der Waals surface area contributed by atoms with Gasteiger partial charge in [0.05, 0.1) is 6.04 Å². The summed E-state index contributed by atoms with van der Waals surface area (Å²) in [5, 5.41) is 4.53. The van der Waals surface area contributed by atoms with E-state index >= 15 is 0 Å². The summed E-state index contributed by atoms with van der Waals surface area (Å²) in [7, 11) is 0. The van der Waals surface area contributed by atoms with E-state index in [-0.39, 0.29) is 17.3 Å². The number of nitrogen functional groups attached to an aromatic ring is 1. The molecule has 0 aromatic carbocycles. The lowest BCUT2D eigenvalue weighted by atomic mass is 10.1. The molecule has 1 aliphatic heterocycles. The molecule has 0 unspecified atom stereocenters. The molecule has 3 heterocycles. The normalized spacial score (nSPS) is 19.6. The van der Waals surface area contributed by atoms with Crippen LogP contribution < -0.4 is 5.73 Å². The maximum atomic E-state index is 5.89. The van der Waals surface area contributed by atoms with Crippen molar-refractivity contribution < 1.29 is 0 Å². The number of hydrogen-bond acceptors (Lipinski definition) is 7. The monoisotopic (exact) mass is 352 g/mol. The van der Waals surface area contributed by atoms with Crippen LogP contribution in [0.2, 0.25) is 5.28 Å². The zero-order valence-corrected chi connectivity index (χ0v) is 14.9. The van der Waals surface area contributed by atoms with Gasteiger partial charge in [0.15, 0.2) is 5.82 Å². The minimum Gasteiger partial charge on any atom is -0.368 e. The van der Waals surface area contributed by atoms with Crippen LogP contribution in [0.15, 0.2) is 16.8 Å². The molecular formula is C15H21ClN6S. The SMILES string of the molecule is C[C@@H](c1ccsc1)N1CCN([C@@H](C)c2nc(N)nc(Cl)n2)CC1. The third kappa shape index (κ3) is 3.80. The summed E-state index contributed by atoms with van der Waals surface area (Å²) < 4.78 is 0. The van der Waals surface area contributed by atoms with Crippen LogP contribution in [0.3, 0.4) is 0 Å². The Morgan fingerprint density at radius 2 is 1.74 bits per heavy atom. The lowest BCUT2D eigenvalue weighted by molar-refractivity contribution is 0.0759. The quantitative estimate of drug-likeness (QED) is 0.912. The topological polar surface area (TPSA) is 71.2 Å². The minimum absolute atomic E-state index is 0.0800. The first-order valence-corrected chi connectivity index (χ1v) is 9.04. The second kappa shape index (κ2) is 7.09. The molecule has 2 N–H and O–H groups in total. The van der Waals surface area contributed by atoms with Gasteiger partial charge in [-0.1, -0.05) is 0 Å². The highest BCUT2D eigenvalue weighted by atomic mass is 35.5. The highest BCUT2D eigenvalue weighted by Gasteiger charge is 2.27. The van der Waals surface area contributed by atoms with Gasteiger partial charge in [-0.25, -0.2) is 4.98 Å². The largest absolute Gasteiger partial charge is 0.368 e. The Morgan fingerprint density at radius 1 is 1.09 bits per heavy atom. The zero-order chi connectivity index (χ0) is 16.4. The van der Waals surface area contributed by atoms with Crippen molar-refractivity contribution in [3.63, 3.8) is 0 Å². The molecule has 0 amide bonds. The maximum absolute atomic E-state index is 5.89. The molecule has 1 fully saturated rings. The van der Waals surface area contributed by atoms with E-state index in [0.717, 1.165) is 26.2 Å². The van der Waals surface area contributed by atoms with E-state index < -0.39 is 0 Å². The number of piperazine rings is 1. The Hall–Kier alpha value is -1.28. The van der Waals surface area contributed by atoms with Crippen LogP contribution in [0.1, 0.15) is 37.3 Å². The van der Waals surface area contributed by atoms with E-state index in [4.69, 9.17) is 17.3 Å². The molecule has 6 nitrogen and oxygen atoms in total. The second-order valence-electron chi connectivity index (χ2n) is 5.80. The zero-order valence-electron chi connectivity index (χ0n) is 13.3. The van der Waals surface area contributed by atoms with E-state index in [1.54, 1.807) is 11.3 Å². The van der Waals surface area contributed by atoms with E-state index in [1.165, 1.54) is 5.56 Å². The summed E-state index contributed by atoms with van der Waals surface area (Å²) in [6.07, 6.45) is 0. The van der Waals surface area contributed by atoms with Crippen molar-refractivity contribution in [1.29, 1.82) is 0 Å². The smallest absolute Gasteiger partial charge is 0.227 e. The predicted molar refractivity (Wildman–Crippen MR) is 93.5 cm³/mol. The van der Waals surface area contributed by atoms with Crippen LogP contribution >= 0.6 is 22.9 Å². The van der Waals surface area contributed by atoms with E-state index in [0.29, 0.717) is 11.9 Å². The molecule has 124 valence electrons. The third-order valence-corrected chi connectivity index (χ3v) is 5.36. The Labute approximate surface area is 145 Å². The van der Waals surface area contributed by atoms with Gasteiger partial charge in [0.2, 0.25) is 11.2 Å². The van der Waals surface area contributed by atoms with E-state index in [9.17, 15) is 0 Å². The van der Waals surface area contributed by atoms with Crippen LogP contribution in [0.25, 0.3) is 0 Å². The van der Waals surface area contributed by atoms with Crippen molar-refractivity contribution in [2.75, 3.05) is 31.9 Å². The minimum atomic E-state index is 0.0800. The van der Waals surface area contributed by atoms with Crippen LogP contribution in [0, 0.1) is 0 Å². The Balaban J connectivity index is 1.62. The molecule has 8 heteroatoms. The maximum Gasteiger partial charge on any atom is 0.227 e. The first kappa shape index (κ1) is 16.6.